The van der Waals surface area contributed by atoms with Crippen molar-refractivity contribution in [1.29, 1.82) is 0 Å². The van der Waals surface area contributed by atoms with E-state index in [9.17, 15) is 9.59 Å². The van der Waals surface area contributed by atoms with Crippen LogP contribution in [0, 0.1) is 0 Å². The van der Waals surface area contributed by atoms with E-state index in [1.807, 2.05) is 20.8 Å². The molecule has 2 amide bonds. The van der Waals surface area contributed by atoms with Crippen LogP contribution in [0.3, 0.4) is 0 Å². The molecule has 2 aromatic heterocycles. The van der Waals surface area contributed by atoms with E-state index in [1.54, 1.807) is 30.4 Å². The Bertz CT molecular complexity index is 825. The molecule has 0 fully saturated rings. The minimum atomic E-state index is -0.572. The van der Waals surface area contributed by atoms with Crippen molar-refractivity contribution < 1.29 is 14.3 Å². The number of hydrogen-bond acceptors (Lipinski definition) is 6. The summed E-state index contributed by atoms with van der Waals surface area (Å²) in [7, 11) is 1.71. The SMILES string of the molecule is Cn1nc2c(c1C(=O)Nc1ncccn1)CN(C(=O)OC(C)(C)C)CC2. The number of amides is 2. The van der Waals surface area contributed by atoms with Gasteiger partial charge in [-0.15, -0.1) is 0 Å². The van der Waals surface area contributed by atoms with E-state index in [0.717, 1.165) is 11.3 Å². The van der Waals surface area contributed by atoms with Crippen LogP contribution < -0.4 is 5.32 Å². The number of aryl methyl sites for hydroxylation is 1. The first kappa shape index (κ1) is 17.8. The summed E-state index contributed by atoms with van der Waals surface area (Å²) in [6, 6.07) is 1.67. The zero-order valence-corrected chi connectivity index (χ0v) is 15.3. The average Bonchev–Trinajstić information content (AvgIpc) is 2.89. The van der Waals surface area contributed by atoms with Gasteiger partial charge in [0.1, 0.15) is 11.3 Å². The molecule has 3 rings (SSSR count). The Hall–Kier alpha value is -2.97. The molecular formula is C17H22N6O3. The normalized spacial score (nSPS) is 13.9. The summed E-state index contributed by atoms with van der Waals surface area (Å²) in [5.41, 5.74) is 1.35. The van der Waals surface area contributed by atoms with Crippen molar-refractivity contribution in [3.8, 4) is 0 Å². The van der Waals surface area contributed by atoms with Gasteiger partial charge < -0.3 is 9.64 Å². The number of ether oxygens (including phenoxy) is 1. The minimum absolute atomic E-state index is 0.215. The molecule has 9 nitrogen and oxygen atoms in total. The number of nitrogens with one attached hydrogen (secondary N) is 1. The van der Waals surface area contributed by atoms with Crippen LogP contribution in [0.25, 0.3) is 0 Å². The van der Waals surface area contributed by atoms with Crippen molar-refractivity contribution in [2.75, 3.05) is 11.9 Å². The highest BCUT2D eigenvalue weighted by Crippen LogP contribution is 2.24. The van der Waals surface area contributed by atoms with Crippen molar-refractivity contribution in [3.63, 3.8) is 0 Å². The Kier molecular flexibility index (Phi) is 4.62. The lowest BCUT2D eigenvalue weighted by atomic mass is 10.1. The Balaban J connectivity index is 1.81. The molecule has 0 saturated carbocycles. The molecule has 1 aliphatic rings. The third kappa shape index (κ3) is 3.81. The quantitative estimate of drug-likeness (QED) is 0.877. The van der Waals surface area contributed by atoms with Crippen molar-refractivity contribution in [2.24, 2.45) is 7.05 Å². The van der Waals surface area contributed by atoms with Gasteiger partial charge in [-0.3, -0.25) is 14.8 Å². The second kappa shape index (κ2) is 6.74. The van der Waals surface area contributed by atoms with Gasteiger partial charge >= 0.3 is 6.09 Å². The fourth-order valence-corrected chi connectivity index (χ4v) is 2.79. The maximum Gasteiger partial charge on any atom is 0.410 e. The summed E-state index contributed by atoms with van der Waals surface area (Å²) in [4.78, 5) is 34.6. The van der Waals surface area contributed by atoms with Crippen LogP contribution in [-0.4, -0.2) is 48.8 Å². The van der Waals surface area contributed by atoms with Crippen LogP contribution in [0.1, 0.15) is 42.5 Å². The van der Waals surface area contributed by atoms with E-state index in [2.05, 4.69) is 20.4 Å². The summed E-state index contributed by atoms with van der Waals surface area (Å²) in [5.74, 6) is -0.147. The lowest BCUT2D eigenvalue weighted by Gasteiger charge is -2.29. The van der Waals surface area contributed by atoms with Gasteiger partial charge in [0.2, 0.25) is 5.95 Å². The minimum Gasteiger partial charge on any atom is -0.444 e. The Morgan fingerprint density at radius 1 is 1.23 bits per heavy atom. The van der Waals surface area contributed by atoms with Crippen LogP contribution in [0.4, 0.5) is 10.7 Å². The van der Waals surface area contributed by atoms with E-state index in [0.29, 0.717) is 18.7 Å². The third-order valence-corrected chi connectivity index (χ3v) is 3.85. The van der Waals surface area contributed by atoms with Gasteiger partial charge in [-0.05, 0) is 26.8 Å². The molecule has 1 N–H and O–H groups in total. The van der Waals surface area contributed by atoms with E-state index >= 15 is 0 Å². The fourth-order valence-electron chi connectivity index (χ4n) is 2.79. The zero-order valence-electron chi connectivity index (χ0n) is 15.3. The number of anilines is 1. The number of fused-ring (bicyclic) bond motifs is 1. The Labute approximate surface area is 151 Å². The van der Waals surface area contributed by atoms with Crippen molar-refractivity contribution >= 4 is 17.9 Å². The monoisotopic (exact) mass is 358 g/mol. The molecule has 2 aromatic rings. The van der Waals surface area contributed by atoms with Gasteiger partial charge in [0.25, 0.3) is 5.91 Å². The molecule has 0 atom stereocenters. The smallest absolute Gasteiger partial charge is 0.410 e. The molecule has 0 radical (unpaired) electrons. The second-order valence-electron chi connectivity index (χ2n) is 7.08. The van der Waals surface area contributed by atoms with Crippen LogP contribution in [0.5, 0.6) is 0 Å². The van der Waals surface area contributed by atoms with Crippen LogP contribution in [0.15, 0.2) is 18.5 Å². The topological polar surface area (TPSA) is 102 Å². The van der Waals surface area contributed by atoms with Gasteiger partial charge in [-0.2, -0.15) is 5.10 Å². The molecule has 0 saturated heterocycles. The van der Waals surface area contributed by atoms with E-state index < -0.39 is 11.7 Å². The van der Waals surface area contributed by atoms with Gasteiger partial charge in [0.05, 0.1) is 12.2 Å². The van der Waals surface area contributed by atoms with Gasteiger partial charge in [0.15, 0.2) is 0 Å². The number of nitrogens with zero attached hydrogens (tertiary/aromatic N) is 5. The molecule has 0 bridgehead atoms. The Morgan fingerprint density at radius 2 is 1.92 bits per heavy atom. The maximum atomic E-state index is 12.7. The summed E-state index contributed by atoms with van der Waals surface area (Å²) in [6.45, 7) is 6.24. The molecule has 9 heteroatoms. The van der Waals surface area contributed by atoms with Crippen molar-refractivity contribution in [1.82, 2.24) is 24.6 Å². The van der Waals surface area contributed by atoms with Crippen LogP contribution >= 0.6 is 0 Å². The van der Waals surface area contributed by atoms with Crippen molar-refractivity contribution in [3.05, 3.63) is 35.4 Å². The Morgan fingerprint density at radius 3 is 2.58 bits per heavy atom. The standard InChI is InChI=1S/C17H22N6O3/c1-17(2,3)26-16(25)23-9-6-12-11(10-23)13(22(4)21-12)14(24)20-15-18-7-5-8-19-15/h5,7-8H,6,9-10H2,1-4H3,(H,18,19,20,24). The summed E-state index contributed by atoms with van der Waals surface area (Å²) < 4.78 is 6.96. The predicted octanol–water partition coefficient (Wildman–Crippen LogP) is 1.76. The largest absolute Gasteiger partial charge is 0.444 e. The fraction of sp³-hybridized carbons (Fsp3) is 0.471. The van der Waals surface area contributed by atoms with Crippen LogP contribution in [-0.2, 0) is 24.8 Å². The van der Waals surface area contributed by atoms with Gasteiger partial charge in [0, 0.05) is 38.0 Å². The highest BCUT2D eigenvalue weighted by Gasteiger charge is 2.31. The number of rotatable bonds is 2. The summed E-state index contributed by atoms with van der Waals surface area (Å²) in [5, 5.41) is 7.08. The molecule has 0 aliphatic carbocycles. The number of hydrogen-bond donors (Lipinski definition) is 1. The van der Waals surface area contributed by atoms with Gasteiger partial charge in [-0.1, -0.05) is 0 Å². The van der Waals surface area contributed by atoms with Gasteiger partial charge in [-0.25, -0.2) is 14.8 Å². The number of carbonyl (C=O) groups is 2. The molecular weight excluding hydrogens is 336 g/mol. The van der Waals surface area contributed by atoms with Crippen molar-refractivity contribution in [2.45, 2.75) is 39.3 Å². The predicted molar refractivity (Wildman–Crippen MR) is 93.5 cm³/mol. The molecule has 0 aromatic carbocycles. The highest BCUT2D eigenvalue weighted by molar-refractivity contribution is 6.03. The van der Waals surface area contributed by atoms with Crippen LogP contribution in [0.2, 0.25) is 0 Å². The summed E-state index contributed by atoms with van der Waals surface area (Å²) >= 11 is 0. The first-order valence-corrected chi connectivity index (χ1v) is 8.35. The van der Waals surface area contributed by atoms with E-state index in [4.69, 9.17) is 4.74 Å². The number of aromatic nitrogens is 4. The average molecular weight is 358 g/mol. The number of carbonyl (C=O) groups excluding carboxylic acids is 2. The van der Waals surface area contributed by atoms with E-state index in [-0.39, 0.29) is 18.4 Å². The maximum absolute atomic E-state index is 12.7. The summed E-state index contributed by atoms with van der Waals surface area (Å²) in [6.07, 6.45) is 3.26. The van der Waals surface area contributed by atoms with E-state index in [1.165, 1.54) is 4.68 Å². The first-order valence-electron chi connectivity index (χ1n) is 8.35. The lowest BCUT2D eigenvalue weighted by molar-refractivity contribution is 0.0222. The molecule has 0 unspecified atom stereocenters. The lowest BCUT2D eigenvalue weighted by Crippen LogP contribution is -2.40. The first-order chi connectivity index (χ1) is 12.2. The third-order valence-electron chi connectivity index (χ3n) is 3.85. The molecule has 138 valence electrons. The molecule has 26 heavy (non-hydrogen) atoms. The second-order valence-corrected chi connectivity index (χ2v) is 7.08. The highest BCUT2D eigenvalue weighted by atomic mass is 16.6. The zero-order chi connectivity index (χ0) is 18.9. The molecule has 3 heterocycles. The molecule has 0 spiro atoms. The molecule has 1 aliphatic heterocycles.